The van der Waals surface area contributed by atoms with Gasteiger partial charge in [0.1, 0.15) is 12.4 Å². The van der Waals surface area contributed by atoms with E-state index in [2.05, 4.69) is 9.97 Å². The van der Waals surface area contributed by atoms with Crippen molar-refractivity contribution in [3.8, 4) is 23.3 Å². The molecule has 8 nitrogen and oxygen atoms in total. The highest BCUT2D eigenvalue weighted by Crippen LogP contribution is 2.27. The third kappa shape index (κ3) is 4.43. The van der Waals surface area contributed by atoms with Crippen molar-refractivity contribution in [2.24, 2.45) is 0 Å². The monoisotopic (exact) mass is 342 g/mol. The van der Waals surface area contributed by atoms with Crippen molar-refractivity contribution >= 4 is 11.8 Å². The van der Waals surface area contributed by atoms with Crippen molar-refractivity contribution in [2.75, 3.05) is 18.9 Å². The van der Waals surface area contributed by atoms with Gasteiger partial charge >= 0.3 is 5.97 Å². The van der Waals surface area contributed by atoms with Crippen LogP contribution in [0.1, 0.15) is 29.8 Å². The summed E-state index contributed by atoms with van der Waals surface area (Å²) in [5.74, 6) is -0.697. The van der Waals surface area contributed by atoms with E-state index in [-0.39, 0.29) is 36.3 Å². The largest absolute Gasteiger partial charge is 0.474 e. The summed E-state index contributed by atoms with van der Waals surface area (Å²) < 4.78 is 10.4. The van der Waals surface area contributed by atoms with Gasteiger partial charge in [-0.3, -0.25) is 0 Å². The van der Waals surface area contributed by atoms with Crippen LogP contribution in [0.2, 0.25) is 0 Å². The number of esters is 1. The van der Waals surface area contributed by atoms with E-state index in [0.717, 1.165) is 0 Å². The first-order chi connectivity index (χ1) is 12.0. The first kappa shape index (κ1) is 18.2. The van der Waals surface area contributed by atoms with E-state index in [9.17, 15) is 9.90 Å². The number of aliphatic hydroxyl groups excluding tert-OH is 1. The Morgan fingerprint density at radius 3 is 2.84 bits per heavy atom. The number of hydrogen-bond acceptors (Lipinski definition) is 8. The van der Waals surface area contributed by atoms with Gasteiger partial charge in [-0.1, -0.05) is 12.1 Å². The van der Waals surface area contributed by atoms with E-state index in [1.165, 1.54) is 6.92 Å². The van der Waals surface area contributed by atoms with Gasteiger partial charge in [-0.2, -0.15) is 10.2 Å². The minimum atomic E-state index is -0.767. The number of rotatable bonds is 6. The van der Waals surface area contributed by atoms with Crippen molar-refractivity contribution in [3.63, 3.8) is 0 Å². The Hall–Kier alpha value is -3.18. The third-order valence-electron chi connectivity index (χ3n) is 3.09. The molecule has 1 atom stereocenters. The molecule has 0 amide bonds. The van der Waals surface area contributed by atoms with Gasteiger partial charge in [-0.25, -0.2) is 9.78 Å². The maximum absolute atomic E-state index is 12.1. The quantitative estimate of drug-likeness (QED) is 0.756. The van der Waals surface area contributed by atoms with Gasteiger partial charge in [0.25, 0.3) is 0 Å². The first-order valence-corrected chi connectivity index (χ1v) is 7.62. The number of aliphatic hydroxyl groups is 1. The Labute approximate surface area is 144 Å². The molecule has 1 aromatic carbocycles. The predicted molar refractivity (Wildman–Crippen MR) is 89.7 cm³/mol. The smallest absolute Gasteiger partial charge is 0.347 e. The molecule has 0 aliphatic rings. The van der Waals surface area contributed by atoms with Crippen molar-refractivity contribution in [1.29, 1.82) is 5.26 Å². The second-order valence-corrected chi connectivity index (χ2v) is 5.19. The lowest BCUT2D eigenvalue weighted by molar-refractivity contribution is 0.0516. The lowest BCUT2D eigenvalue weighted by Gasteiger charge is -2.14. The fraction of sp³-hybridized carbons (Fsp3) is 0.294. The number of nitrogens with two attached hydrogens (primary N) is 1. The van der Waals surface area contributed by atoms with Crippen molar-refractivity contribution in [2.45, 2.75) is 20.0 Å². The molecule has 0 saturated heterocycles. The number of carbonyl (C=O) groups is 1. The molecule has 0 fully saturated rings. The molecule has 0 aliphatic heterocycles. The molecule has 0 unspecified atom stereocenters. The molecule has 130 valence electrons. The van der Waals surface area contributed by atoms with Crippen LogP contribution in [-0.4, -0.2) is 40.4 Å². The molecule has 2 rings (SSSR count). The molecule has 0 aliphatic carbocycles. The van der Waals surface area contributed by atoms with Gasteiger partial charge in [0.2, 0.25) is 5.88 Å². The van der Waals surface area contributed by atoms with E-state index < -0.39 is 12.1 Å². The standard InChI is InChI=1S/C17H18N4O4/c1-3-24-17(23)13-14(19)20-15(21-16(13)25-9-10(2)22)12-6-4-5-11(7-12)8-18/h4-7,10,22H,3,9H2,1-2H3,(H2,19,20,21)/t10-/m0/s1. The minimum absolute atomic E-state index is 0.0794. The predicted octanol–water partition coefficient (Wildman–Crippen LogP) is 1.53. The molecule has 2 aromatic rings. The molecule has 1 heterocycles. The number of carbonyl (C=O) groups excluding carboxylic acids is 1. The Morgan fingerprint density at radius 1 is 1.44 bits per heavy atom. The first-order valence-electron chi connectivity index (χ1n) is 7.62. The number of nitrogen functional groups attached to an aromatic ring is 1. The van der Waals surface area contributed by atoms with Crippen molar-refractivity contribution in [3.05, 3.63) is 35.4 Å². The summed E-state index contributed by atoms with van der Waals surface area (Å²) in [7, 11) is 0. The number of benzene rings is 1. The molecule has 25 heavy (non-hydrogen) atoms. The summed E-state index contributed by atoms with van der Waals surface area (Å²) in [6.45, 7) is 3.26. The highest BCUT2D eigenvalue weighted by molar-refractivity contribution is 5.97. The number of hydrogen-bond donors (Lipinski definition) is 2. The molecular weight excluding hydrogens is 324 g/mol. The average Bonchev–Trinajstić information content (AvgIpc) is 2.59. The highest BCUT2D eigenvalue weighted by atomic mass is 16.5. The summed E-state index contributed by atoms with van der Waals surface area (Å²) >= 11 is 0. The van der Waals surface area contributed by atoms with Crippen molar-refractivity contribution in [1.82, 2.24) is 9.97 Å². The van der Waals surface area contributed by atoms with Gasteiger partial charge < -0.3 is 20.3 Å². The Bertz CT molecular complexity index is 815. The zero-order valence-electron chi connectivity index (χ0n) is 13.9. The van der Waals surface area contributed by atoms with Crippen LogP contribution >= 0.6 is 0 Å². The molecule has 0 saturated carbocycles. The van der Waals surface area contributed by atoms with Crippen LogP contribution in [0.4, 0.5) is 5.82 Å². The summed E-state index contributed by atoms with van der Waals surface area (Å²) in [4.78, 5) is 20.5. The van der Waals surface area contributed by atoms with E-state index >= 15 is 0 Å². The zero-order chi connectivity index (χ0) is 18.4. The van der Waals surface area contributed by atoms with Crippen molar-refractivity contribution < 1.29 is 19.4 Å². The summed E-state index contributed by atoms with van der Waals surface area (Å²) in [6, 6.07) is 8.66. The molecular formula is C17H18N4O4. The van der Waals surface area contributed by atoms with Gasteiger partial charge in [-0.15, -0.1) is 0 Å². The van der Waals surface area contributed by atoms with Gasteiger partial charge in [0.05, 0.1) is 24.3 Å². The van der Waals surface area contributed by atoms with Crippen LogP contribution in [0.3, 0.4) is 0 Å². The SMILES string of the molecule is CCOC(=O)c1c(N)nc(-c2cccc(C#N)c2)nc1OC[C@H](C)O. The Balaban J connectivity index is 2.53. The molecule has 1 aromatic heterocycles. The molecule has 0 radical (unpaired) electrons. The number of nitriles is 1. The molecule has 8 heteroatoms. The second kappa shape index (κ2) is 8.08. The summed E-state index contributed by atoms with van der Waals surface area (Å²) in [5, 5.41) is 18.4. The maximum atomic E-state index is 12.1. The fourth-order valence-electron chi connectivity index (χ4n) is 2.01. The summed E-state index contributed by atoms with van der Waals surface area (Å²) in [5.41, 5.74) is 6.79. The van der Waals surface area contributed by atoms with Gasteiger partial charge in [0, 0.05) is 5.56 Å². The van der Waals surface area contributed by atoms with E-state index in [1.54, 1.807) is 31.2 Å². The maximum Gasteiger partial charge on any atom is 0.347 e. The minimum Gasteiger partial charge on any atom is -0.474 e. The van der Waals surface area contributed by atoms with Crippen LogP contribution in [0.15, 0.2) is 24.3 Å². The van der Waals surface area contributed by atoms with E-state index in [1.807, 2.05) is 6.07 Å². The average molecular weight is 342 g/mol. The van der Waals surface area contributed by atoms with Crippen LogP contribution in [0, 0.1) is 11.3 Å². The number of ether oxygens (including phenoxy) is 2. The zero-order valence-corrected chi connectivity index (χ0v) is 13.9. The third-order valence-corrected chi connectivity index (χ3v) is 3.09. The Morgan fingerprint density at radius 2 is 2.20 bits per heavy atom. The molecule has 3 N–H and O–H groups in total. The van der Waals surface area contributed by atoms with E-state index in [4.69, 9.17) is 20.5 Å². The van der Waals surface area contributed by atoms with Gasteiger partial charge in [0.15, 0.2) is 11.4 Å². The normalized spacial score (nSPS) is 11.4. The molecule has 0 bridgehead atoms. The molecule has 0 spiro atoms. The number of anilines is 1. The second-order valence-electron chi connectivity index (χ2n) is 5.19. The van der Waals surface area contributed by atoms with E-state index in [0.29, 0.717) is 11.1 Å². The number of nitrogens with zero attached hydrogens (tertiary/aromatic N) is 3. The number of aromatic nitrogens is 2. The Kier molecular flexibility index (Phi) is 5.87. The van der Waals surface area contributed by atoms with Crippen LogP contribution < -0.4 is 10.5 Å². The lowest BCUT2D eigenvalue weighted by atomic mass is 10.1. The lowest BCUT2D eigenvalue weighted by Crippen LogP contribution is -2.18. The topological polar surface area (TPSA) is 131 Å². The fourth-order valence-corrected chi connectivity index (χ4v) is 2.01. The summed E-state index contributed by atoms with van der Waals surface area (Å²) in [6.07, 6.45) is -0.767. The highest BCUT2D eigenvalue weighted by Gasteiger charge is 2.23. The van der Waals surface area contributed by atoms with Crippen LogP contribution in [0.25, 0.3) is 11.4 Å². The van der Waals surface area contributed by atoms with Crippen LogP contribution in [-0.2, 0) is 4.74 Å². The van der Waals surface area contributed by atoms with Gasteiger partial charge in [-0.05, 0) is 26.0 Å². The van der Waals surface area contributed by atoms with Crippen LogP contribution in [0.5, 0.6) is 5.88 Å².